The van der Waals surface area contributed by atoms with Crippen molar-refractivity contribution in [3.63, 3.8) is 0 Å². The van der Waals surface area contributed by atoms with Gasteiger partial charge in [0.15, 0.2) is 7.11 Å². The molecule has 67 valence electrons. The van der Waals surface area contributed by atoms with Crippen LogP contribution in [0.3, 0.4) is 0 Å². The van der Waals surface area contributed by atoms with Crippen LogP contribution in [0.25, 0.3) is 0 Å². The summed E-state index contributed by atoms with van der Waals surface area (Å²) in [4.78, 5) is 19.1. The molecule has 0 bridgehead atoms. The molecule has 0 saturated heterocycles. The first kappa shape index (κ1) is 9.18. The molecule has 0 unspecified atom stereocenters. The third-order valence-electron chi connectivity index (χ3n) is 1.25. The number of nitrogens with zero attached hydrogens (tertiary/aromatic N) is 2. The molecule has 0 aliphatic heterocycles. The maximum atomic E-state index is 11.2. The second-order valence-electron chi connectivity index (χ2n) is 2.08. The quantitative estimate of drug-likeness (QED) is 0.418. The minimum atomic E-state index is -0.297. The van der Waals surface area contributed by atoms with Gasteiger partial charge in [-0.1, -0.05) is 5.16 Å². The zero-order valence-corrected chi connectivity index (χ0v) is 6.80. The molecule has 1 heterocycles. The summed E-state index contributed by atoms with van der Waals surface area (Å²) in [5, 5.41) is 5.61. The van der Waals surface area contributed by atoms with E-state index >= 15 is 0 Å². The molecule has 0 atom stereocenters. The highest BCUT2D eigenvalue weighted by atomic mass is 16.6. The third-order valence-corrected chi connectivity index (χ3v) is 1.25. The number of carbonyl (C=O) groups excluding carboxylic acids is 1. The predicted molar refractivity (Wildman–Crippen MR) is 46.6 cm³/mol. The molecule has 0 saturated carbocycles. The van der Waals surface area contributed by atoms with Gasteiger partial charge in [-0.25, -0.2) is 0 Å². The van der Waals surface area contributed by atoms with Crippen molar-refractivity contribution in [1.29, 1.82) is 0 Å². The SMILES string of the molecule is [CH2]O/N=C/NC(=O)c1cccnc1. The van der Waals surface area contributed by atoms with Gasteiger partial charge in [-0.2, -0.15) is 0 Å². The van der Waals surface area contributed by atoms with Crippen LogP contribution in [-0.4, -0.2) is 17.2 Å². The van der Waals surface area contributed by atoms with E-state index in [0.29, 0.717) is 5.56 Å². The van der Waals surface area contributed by atoms with Crippen molar-refractivity contribution in [2.75, 3.05) is 0 Å². The van der Waals surface area contributed by atoms with Gasteiger partial charge in [-0.05, 0) is 12.1 Å². The van der Waals surface area contributed by atoms with Crippen LogP contribution in [0.2, 0.25) is 0 Å². The molecule has 5 heteroatoms. The van der Waals surface area contributed by atoms with Crippen LogP contribution in [0.1, 0.15) is 10.4 Å². The van der Waals surface area contributed by atoms with Gasteiger partial charge >= 0.3 is 0 Å². The summed E-state index contributed by atoms with van der Waals surface area (Å²) in [7, 11) is 2.99. The van der Waals surface area contributed by atoms with E-state index in [1.165, 1.54) is 6.20 Å². The van der Waals surface area contributed by atoms with E-state index in [1.54, 1.807) is 18.3 Å². The number of amides is 1. The van der Waals surface area contributed by atoms with E-state index < -0.39 is 0 Å². The zero-order chi connectivity index (χ0) is 9.52. The summed E-state index contributed by atoms with van der Waals surface area (Å²) in [5.41, 5.74) is 0.456. The first-order chi connectivity index (χ1) is 6.34. The molecular formula is C8H8N3O2. The Morgan fingerprint density at radius 3 is 3.23 bits per heavy atom. The fourth-order valence-electron chi connectivity index (χ4n) is 0.703. The van der Waals surface area contributed by atoms with Gasteiger partial charge < -0.3 is 10.2 Å². The molecule has 0 spiro atoms. The number of hydrogen-bond acceptors (Lipinski definition) is 4. The van der Waals surface area contributed by atoms with Crippen molar-refractivity contribution >= 4 is 12.2 Å². The maximum absolute atomic E-state index is 11.2. The fraction of sp³-hybridized carbons (Fsp3) is 0. The van der Waals surface area contributed by atoms with Crippen LogP contribution in [0.15, 0.2) is 29.7 Å². The lowest BCUT2D eigenvalue weighted by molar-refractivity contribution is 0.0976. The van der Waals surface area contributed by atoms with Crippen molar-refractivity contribution in [3.05, 3.63) is 37.2 Å². The zero-order valence-electron chi connectivity index (χ0n) is 6.80. The number of pyridine rings is 1. The second kappa shape index (κ2) is 4.87. The Morgan fingerprint density at radius 1 is 1.77 bits per heavy atom. The van der Waals surface area contributed by atoms with Gasteiger partial charge in [0.2, 0.25) is 0 Å². The lowest BCUT2D eigenvalue weighted by Crippen LogP contribution is -2.21. The van der Waals surface area contributed by atoms with Gasteiger partial charge in [0.05, 0.1) is 5.56 Å². The summed E-state index contributed by atoms with van der Waals surface area (Å²) in [6, 6.07) is 3.31. The molecule has 1 N–H and O–H groups in total. The van der Waals surface area contributed by atoms with Crippen LogP contribution < -0.4 is 5.32 Å². The van der Waals surface area contributed by atoms with Gasteiger partial charge in [-0.15, -0.1) is 0 Å². The number of oxime groups is 1. The van der Waals surface area contributed by atoms with E-state index in [1.807, 2.05) is 0 Å². The molecule has 1 amide bonds. The van der Waals surface area contributed by atoms with E-state index in [9.17, 15) is 4.79 Å². The Hall–Kier alpha value is -1.91. The highest BCUT2D eigenvalue weighted by Crippen LogP contribution is 1.93. The molecule has 5 nitrogen and oxygen atoms in total. The Labute approximate surface area is 75.4 Å². The van der Waals surface area contributed by atoms with Crippen molar-refractivity contribution < 1.29 is 9.63 Å². The van der Waals surface area contributed by atoms with Crippen LogP contribution in [0.5, 0.6) is 0 Å². The topological polar surface area (TPSA) is 63.6 Å². The molecule has 0 aliphatic rings. The van der Waals surface area contributed by atoms with E-state index in [0.717, 1.165) is 6.34 Å². The Bertz CT molecular complexity index is 298. The molecule has 13 heavy (non-hydrogen) atoms. The van der Waals surface area contributed by atoms with Crippen LogP contribution in [-0.2, 0) is 4.84 Å². The van der Waals surface area contributed by atoms with Gasteiger partial charge in [0, 0.05) is 12.4 Å². The monoisotopic (exact) mass is 178 g/mol. The van der Waals surface area contributed by atoms with Crippen LogP contribution in [0.4, 0.5) is 0 Å². The molecule has 1 aromatic rings. The number of rotatable bonds is 3. The fourth-order valence-corrected chi connectivity index (χ4v) is 0.703. The van der Waals surface area contributed by atoms with Crippen molar-refractivity contribution in [1.82, 2.24) is 10.3 Å². The summed E-state index contributed by atoms with van der Waals surface area (Å²) >= 11 is 0. The van der Waals surface area contributed by atoms with Gasteiger partial charge in [0.1, 0.15) is 6.34 Å². The Morgan fingerprint density at radius 2 is 2.62 bits per heavy atom. The number of nitrogens with one attached hydrogen (secondary N) is 1. The molecule has 0 fully saturated rings. The van der Waals surface area contributed by atoms with E-state index in [2.05, 4.69) is 27.4 Å². The summed E-state index contributed by atoms with van der Waals surface area (Å²) < 4.78 is 0. The average Bonchev–Trinajstić information content (AvgIpc) is 2.19. The van der Waals surface area contributed by atoms with Crippen molar-refractivity contribution in [2.45, 2.75) is 0 Å². The minimum Gasteiger partial charge on any atom is -0.391 e. The molecule has 0 aliphatic carbocycles. The largest absolute Gasteiger partial charge is 0.391 e. The first-order valence-corrected chi connectivity index (χ1v) is 3.48. The Kier molecular flexibility index (Phi) is 3.44. The normalized spacial score (nSPS) is 9.92. The van der Waals surface area contributed by atoms with E-state index in [-0.39, 0.29) is 5.91 Å². The average molecular weight is 178 g/mol. The molecule has 1 aromatic heterocycles. The summed E-state index contributed by atoms with van der Waals surface area (Å²) in [6.07, 6.45) is 4.15. The molecule has 1 radical (unpaired) electrons. The Balaban J connectivity index is 2.54. The van der Waals surface area contributed by atoms with Crippen molar-refractivity contribution in [2.24, 2.45) is 5.16 Å². The van der Waals surface area contributed by atoms with Gasteiger partial charge in [-0.3, -0.25) is 9.78 Å². The predicted octanol–water partition coefficient (Wildman–Crippen LogP) is 0.563. The second-order valence-corrected chi connectivity index (χ2v) is 2.08. The molecule has 0 aromatic carbocycles. The van der Waals surface area contributed by atoms with Gasteiger partial charge in [0.25, 0.3) is 5.91 Å². The third kappa shape index (κ3) is 2.90. The summed E-state index contributed by atoms with van der Waals surface area (Å²) in [6.45, 7) is 0. The van der Waals surface area contributed by atoms with Crippen LogP contribution in [0, 0.1) is 7.11 Å². The standard InChI is InChI=1S/C8H8N3O2/c1-13-11-6-10-8(12)7-3-2-4-9-5-7/h2-6H,1H2,(H,10,11,12). The number of hydrogen-bond donors (Lipinski definition) is 1. The maximum Gasteiger partial charge on any atom is 0.258 e. The van der Waals surface area contributed by atoms with Crippen LogP contribution >= 0.6 is 0 Å². The molecule has 1 rings (SSSR count). The lowest BCUT2D eigenvalue weighted by Gasteiger charge is -1.96. The molecular weight excluding hydrogens is 170 g/mol. The number of carbonyl (C=O) groups is 1. The summed E-state index contributed by atoms with van der Waals surface area (Å²) in [5.74, 6) is -0.297. The highest BCUT2D eigenvalue weighted by molar-refractivity contribution is 6.00. The van der Waals surface area contributed by atoms with E-state index in [4.69, 9.17) is 0 Å². The number of aromatic nitrogens is 1. The van der Waals surface area contributed by atoms with Crippen molar-refractivity contribution in [3.8, 4) is 0 Å². The minimum absolute atomic E-state index is 0.297. The smallest absolute Gasteiger partial charge is 0.258 e. The first-order valence-electron chi connectivity index (χ1n) is 3.48. The lowest BCUT2D eigenvalue weighted by atomic mass is 10.3. The highest BCUT2D eigenvalue weighted by Gasteiger charge is 2.01.